The lowest BCUT2D eigenvalue weighted by Crippen LogP contribution is -2.37. The molecule has 0 saturated heterocycles. The number of benzene rings is 2. The van der Waals surface area contributed by atoms with Crippen LogP contribution in [0.4, 0.5) is 13.2 Å². The van der Waals surface area contributed by atoms with Crippen molar-refractivity contribution in [2.24, 2.45) is 11.8 Å². The van der Waals surface area contributed by atoms with E-state index >= 15 is 0 Å². The molecule has 0 spiro atoms. The van der Waals surface area contributed by atoms with Crippen LogP contribution in [0.3, 0.4) is 0 Å². The zero-order valence-electron chi connectivity index (χ0n) is 17.4. The normalized spacial score (nSPS) is 20.4. The second-order valence-corrected chi connectivity index (χ2v) is 8.27. The van der Waals surface area contributed by atoms with Crippen LogP contribution in [0.5, 0.6) is 5.75 Å². The van der Waals surface area contributed by atoms with Gasteiger partial charge in [0, 0.05) is 0 Å². The predicted molar refractivity (Wildman–Crippen MR) is 114 cm³/mol. The van der Waals surface area contributed by atoms with Gasteiger partial charge in [0.25, 0.3) is 0 Å². The number of unbranched alkanes of at least 4 members (excludes halogenated alkanes) is 2. The zero-order valence-corrected chi connectivity index (χ0v) is 17.4. The number of rotatable bonds is 8. The maximum absolute atomic E-state index is 14.8. The molecule has 3 rings (SSSR count). The van der Waals surface area contributed by atoms with Crippen molar-refractivity contribution in [3.63, 3.8) is 0 Å². The molecule has 1 fully saturated rings. The fraction of sp³-hybridized carbons (Fsp3) is 0.520. The van der Waals surface area contributed by atoms with Crippen molar-refractivity contribution in [1.82, 2.24) is 0 Å². The van der Waals surface area contributed by atoms with E-state index in [-0.39, 0.29) is 5.75 Å². The van der Waals surface area contributed by atoms with E-state index in [1.807, 2.05) is 31.2 Å². The van der Waals surface area contributed by atoms with Crippen LogP contribution in [0, 0.1) is 17.7 Å². The van der Waals surface area contributed by atoms with Crippen molar-refractivity contribution >= 4 is 16.8 Å². The zero-order chi connectivity index (χ0) is 20.9. The Morgan fingerprint density at radius 2 is 1.79 bits per heavy atom. The summed E-state index contributed by atoms with van der Waals surface area (Å²) in [6, 6.07) is 8.17. The van der Waals surface area contributed by atoms with Crippen molar-refractivity contribution in [2.45, 2.75) is 71.3 Å². The lowest BCUT2D eigenvalue weighted by molar-refractivity contribution is -0.224. The van der Waals surface area contributed by atoms with Crippen molar-refractivity contribution < 1.29 is 17.9 Å². The summed E-state index contributed by atoms with van der Waals surface area (Å²) in [6.45, 7) is 4.07. The molecule has 0 amide bonds. The summed E-state index contributed by atoms with van der Waals surface area (Å²) in [7, 11) is 0. The largest absolute Gasteiger partial charge is 0.429 e. The van der Waals surface area contributed by atoms with Crippen molar-refractivity contribution in [3.05, 3.63) is 47.8 Å². The molecule has 1 aliphatic carbocycles. The van der Waals surface area contributed by atoms with Gasteiger partial charge in [-0.15, -0.1) is 0 Å². The second kappa shape index (κ2) is 9.69. The second-order valence-electron chi connectivity index (χ2n) is 8.27. The minimum absolute atomic E-state index is 0.369. The number of alkyl halides is 2. The summed E-state index contributed by atoms with van der Waals surface area (Å²) in [4.78, 5) is 0. The Bertz CT molecular complexity index is 835. The van der Waals surface area contributed by atoms with E-state index in [1.165, 1.54) is 31.4 Å². The Labute approximate surface area is 172 Å². The van der Waals surface area contributed by atoms with Crippen molar-refractivity contribution in [2.75, 3.05) is 0 Å². The molecular weight excluding hydrogens is 373 g/mol. The molecular formula is C25H31F3O. The summed E-state index contributed by atoms with van der Waals surface area (Å²) in [6.07, 6.45) is 7.63. The molecule has 2 aromatic rings. The summed E-state index contributed by atoms with van der Waals surface area (Å²) in [5, 5.41) is 1.35. The quantitative estimate of drug-likeness (QED) is 0.402. The van der Waals surface area contributed by atoms with Gasteiger partial charge in [0.2, 0.25) is 0 Å². The van der Waals surface area contributed by atoms with Crippen LogP contribution in [0.15, 0.2) is 36.4 Å². The average molecular weight is 405 g/mol. The standard InChI is InChI=1S/C25H31F3O/c1-3-5-6-8-18-10-13-22(14-11-18)25(27,28)29-24-17-20-12-9-19(7-4-2)15-21(20)16-23(24)26/h4,7,9,12,15-18,22H,3,5-6,8,10-11,13-14H2,1-2H3/b7-4+. The van der Waals surface area contributed by atoms with Gasteiger partial charge in [0.15, 0.2) is 11.6 Å². The Morgan fingerprint density at radius 3 is 2.48 bits per heavy atom. The minimum Gasteiger partial charge on any atom is -0.429 e. The molecule has 1 saturated carbocycles. The predicted octanol–water partition coefficient (Wildman–Crippen LogP) is 8.37. The number of allylic oxidation sites excluding steroid dienone is 1. The maximum Gasteiger partial charge on any atom is 0.400 e. The molecule has 1 nitrogen and oxygen atoms in total. The highest BCUT2D eigenvalue weighted by Gasteiger charge is 2.44. The van der Waals surface area contributed by atoms with Crippen molar-refractivity contribution in [1.29, 1.82) is 0 Å². The van der Waals surface area contributed by atoms with E-state index in [0.29, 0.717) is 29.5 Å². The van der Waals surface area contributed by atoms with Gasteiger partial charge >= 0.3 is 6.11 Å². The van der Waals surface area contributed by atoms with Gasteiger partial charge in [-0.2, -0.15) is 8.78 Å². The first-order valence-electron chi connectivity index (χ1n) is 10.9. The molecule has 0 heterocycles. The summed E-state index contributed by atoms with van der Waals surface area (Å²) < 4.78 is 49.0. The van der Waals surface area contributed by atoms with E-state index in [1.54, 1.807) is 6.07 Å². The highest BCUT2D eigenvalue weighted by atomic mass is 19.3. The molecule has 0 N–H and O–H groups in total. The molecule has 0 atom stereocenters. The lowest BCUT2D eigenvalue weighted by Gasteiger charge is -2.33. The van der Waals surface area contributed by atoms with E-state index < -0.39 is 17.8 Å². The molecule has 0 unspecified atom stereocenters. The van der Waals surface area contributed by atoms with Gasteiger partial charge < -0.3 is 4.74 Å². The molecule has 0 bridgehead atoms. The van der Waals surface area contributed by atoms with Gasteiger partial charge in [-0.05, 0) is 73.1 Å². The Hall–Kier alpha value is -1.97. The first-order chi connectivity index (χ1) is 13.9. The highest BCUT2D eigenvalue weighted by Crippen LogP contribution is 2.42. The molecule has 2 aromatic carbocycles. The molecule has 0 aliphatic heterocycles. The fourth-order valence-electron chi connectivity index (χ4n) is 4.34. The third-order valence-electron chi connectivity index (χ3n) is 6.06. The van der Waals surface area contributed by atoms with E-state index in [2.05, 4.69) is 6.92 Å². The summed E-state index contributed by atoms with van der Waals surface area (Å²) >= 11 is 0. The van der Waals surface area contributed by atoms with Crippen LogP contribution in [0.1, 0.15) is 70.8 Å². The van der Waals surface area contributed by atoms with E-state index in [4.69, 9.17) is 4.74 Å². The molecule has 4 heteroatoms. The number of hydrogen-bond acceptors (Lipinski definition) is 1. The first-order valence-corrected chi connectivity index (χ1v) is 10.9. The topological polar surface area (TPSA) is 9.23 Å². The number of halogens is 3. The van der Waals surface area contributed by atoms with Gasteiger partial charge in [-0.25, -0.2) is 4.39 Å². The SMILES string of the molecule is C/C=C/c1ccc2cc(OC(F)(F)C3CCC(CCCCC)CC3)c(F)cc2c1. The fourth-order valence-corrected chi connectivity index (χ4v) is 4.34. The van der Waals surface area contributed by atoms with Crippen LogP contribution in [-0.4, -0.2) is 6.11 Å². The van der Waals surface area contributed by atoms with E-state index in [0.717, 1.165) is 24.8 Å². The van der Waals surface area contributed by atoms with Gasteiger partial charge in [0.1, 0.15) is 0 Å². The summed E-state index contributed by atoms with van der Waals surface area (Å²) in [5.41, 5.74) is 0.939. The third kappa shape index (κ3) is 5.55. The van der Waals surface area contributed by atoms with Crippen LogP contribution in [0.2, 0.25) is 0 Å². The minimum atomic E-state index is -3.35. The first kappa shape index (κ1) is 21.7. The van der Waals surface area contributed by atoms with Gasteiger partial charge in [0.05, 0.1) is 5.92 Å². The van der Waals surface area contributed by atoms with Gasteiger partial charge in [-0.1, -0.05) is 56.9 Å². The number of fused-ring (bicyclic) bond motifs is 1. The molecule has 29 heavy (non-hydrogen) atoms. The Balaban J connectivity index is 1.67. The molecule has 158 valence electrons. The highest BCUT2D eigenvalue weighted by molar-refractivity contribution is 5.86. The monoisotopic (exact) mass is 404 g/mol. The Kier molecular flexibility index (Phi) is 7.26. The Morgan fingerprint density at radius 1 is 1.03 bits per heavy atom. The number of ether oxygens (including phenoxy) is 1. The molecule has 1 aliphatic rings. The van der Waals surface area contributed by atoms with Crippen LogP contribution in [0.25, 0.3) is 16.8 Å². The summed E-state index contributed by atoms with van der Waals surface area (Å²) in [5.74, 6) is -1.43. The van der Waals surface area contributed by atoms with Crippen LogP contribution < -0.4 is 4.74 Å². The average Bonchev–Trinajstić information content (AvgIpc) is 2.69. The molecule has 0 aromatic heterocycles. The number of hydrogen-bond donors (Lipinski definition) is 0. The van der Waals surface area contributed by atoms with Crippen LogP contribution in [-0.2, 0) is 0 Å². The van der Waals surface area contributed by atoms with E-state index in [9.17, 15) is 13.2 Å². The van der Waals surface area contributed by atoms with Crippen LogP contribution >= 0.6 is 0 Å². The lowest BCUT2D eigenvalue weighted by atomic mass is 9.79. The third-order valence-corrected chi connectivity index (χ3v) is 6.06. The maximum atomic E-state index is 14.8. The van der Waals surface area contributed by atoms with Crippen molar-refractivity contribution in [3.8, 4) is 5.75 Å². The van der Waals surface area contributed by atoms with Gasteiger partial charge in [-0.3, -0.25) is 0 Å². The molecule has 0 radical (unpaired) electrons. The smallest absolute Gasteiger partial charge is 0.400 e.